The highest BCUT2D eigenvalue weighted by molar-refractivity contribution is 7.90. The Kier molecular flexibility index (Phi) is 8.99. The Morgan fingerprint density at radius 3 is 2.44 bits per heavy atom. The van der Waals surface area contributed by atoms with Gasteiger partial charge < -0.3 is 15.8 Å². The summed E-state index contributed by atoms with van der Waals surface area (Å²) in [6.45, 7) is 9.47. The van der Waals surface area contributed by atoms with Crippen molar-refractivity contribution in [2.24, 2.45) is 10.7 Å². The topological polar surface area (TPSA) is 153 Å². The number of Topliss-reactive ketones (excluding diaryl/α,β-unsaturated/α-hetero) is 1. The molecule has 4 N–H and O–H groups in total. The minimum absolute atomic E-state index is 0.127. The smallest absolute Gasteiger partial charge is 0.264 e. The van der Waals surface area contributed by atoms with Gasteiger partial charge in [0.05, 0.1) is 21.2 Å². The molecule has 0 bridgehead atoms. The van der Waals surface area contributed by atoms with Gasteiger partial charge in [-0.05, 0) is 88.4 Å². The van der Waals surface area contributed by atoms with Gasteiger partial charge in [0.2, 0.25) is 11.7 Å². The van der Waals surface area contributed by atoms with Crippen molar-refractivity contribution in [2.75, 3.05) is 6.54 Å². The van der Waals surface area contributed by atoms with Crippen LogP contribution in [-0.4, -0.2) is 49.2 Å². The molecule has 1 aromatic heterocycles. The SMILES string of the molecule is Cc1c(C)c(S(=O)(=O)NC(N)=NCCCC(NC(=O)c2ccccc2)C(=O)c2nc3ccccc3s2)c(C)c2c1OC(C)(C)C2. The summed E-state index contributed by atoms with van der Waals surface area (Å²) in [5.41, 5.74) is 9.64. The Morgan fingerprint density at radius 1 is 1.04 bits per heavy atom. The lowest BCUT2D eigenvalue weighted by atomic mass is 9.94. The second kappa shape index (κ2) is 12.6. The van der Waals surface area contributed by atoms with Gasteiger partial charge in [0, 0.05) is 24.1 Å². The van der Waals surface area contributed by atoms with Crippen LogP contribution in [0.2, 0.25) is 0 Å². The van der Waals surface area contributed by atoms with Gasteiger partial charge in [-0.25, -0.2) is 18.1 Å². The molecule has 3 aromatic carbocycles. The number of amides is 1. The largest absolute Gasteiger partial charge is 0.487 e. The molecule has 12 heteroatoms. The van der Waals surface area contributed by atoms with E-state index in [0.29, 0.717) is 40.1 Å². The molecule has 4 aromatic rings. The Bertz CT molecular complexity index is 1880. The number of rotatable bonds is 10. The maximum Gasteiger partial charge on any atom is 0.264 e. The number of carbonyl (C=O) groups is 2. The maximum atomic E-state index is 13.5. The lowest BCUT2D eigenvalue weighted by molar-refractivity contribution is 0.0851. The highest BCUT2D eigenvalue weighted by Crippen LogP contribution is 2.43. The van der Waals surface area contributed by atoms with Gasteiger partial charge in [-0.2, -0.15) is 0 Å². The molecule has 5 rings (SSSR count). The highest BCUT2D eigenvalue weighted by atomic mass is 32.2. The second-order valence-electron chi connectivity index (χ2n) is 11.8. The van der Waals surface area contributed by atoms with Crippen molar-refractivity contribution in [3.8, 4) is 5.75 Å². The van der Waals surface area contributed by atoms with Crippen LogP contribution in [0.25, 0.3) is 10.2 Å². The number of carbonyl (C=O) groups excluding carboxylic acids is 2. The zero-order valence-electron chi connectivity index (χ0n) is 25.9. The number of fused-ring (bicyclic) bond motifs is 2. The van der Waals surface area contributed by atoms with Crippen molar-refractivity contribution >= 4 is 49.2 Å². The third-order valence-corrected chi connectivity index (χ3v) is 10.6. The van der Waals surface area contributed by atoms with Crippen LogP contribution < -0.4 is 20.5 Å². The molecule has 45 heavy (non-hydrogen) atoms. The van der Waals surface area contributed by atoms with Crippen LogP contribution in [0.15, 0.2) is 64.5 Å². The van der Waals surface area contributed by atoms with Crippen molar-refractivity contribution in [1.82, 2.24) is 15.0 Å². The van der Waals surface area contributed by atoms with E-state index in [1.165, 1.54) is 11.3 Å². The van der Waals surface area contributed by atoms with Gasteiger partial charge in [0.25, 0.3) is 15.9 Å². The molecule has 2 heterocycles. The van der Waals surface area contributed by atoms with Gasteiger partial charge in [-0.3, -0.25) is 14.6 Å². The number of thiazole rings is 1. The van der Waals surface area contributed by atoms with E-state index >= 15 is 0 Å². The Balaban J connectivity index is 1.29. The van der Waals surface area contributed by atoms with Crippen LogP contribution in [0.5, 0.6) is 5.75 Å². The number of aliphatic imine (C=N–C) groups is 1. The van der Waals surface area contributed by atoms with E-state index in [2.05, 4.69) is 20.0 Å². The van der Waals surface area contributed by atoms with Crippen LogP contribution in [0, 0.1) is 20.8 Å². The number of nitrogens with zero attached hydrogens (tertiary/aromatic N) is 2. The number of aromatic nitrogens is 1. The summed E-state index contributed by atoms with van der Waals surface area (Å²) in [4.78, 5) is 35.4. The summed E-state index contributed by atoms with van der Waals surface area (Å²) in [5, 5.41) is 3.14. The molecule has 1 aliphatic heterocycles. The average Bonchev–Trinajstić information content (AvgIpc) is 3.58. The van der Waals surface area contributed by atoms with Crippen LogP contribution in [0.3, 0.4) is 0 Å². The highest BCUT2D eigenvalue weighted by Gasteiger charge is 2.36. The number of guanidine groups is 1. The number of benzene rings is 3. The second-order valence-corrected chi connectivity index (χ2v) is 14.5. The van der Waals surface area contributed by atoms with E-state index in [-0.39, 0.29) is 35.5 Å². The number of ether oxygens (including phenoxy) is 1. The third-order valence-electron chi connectivity index (χ3n) is 7.90. The summed E-state index contributed by atoms with van der Waals surface area (Å²) < 4.78 is 36.4. The summed E-state index contributed by atoms with van der Waals surface area (Å²) in [7, 11) is -4.04. The fraction of sp³-hybridized carbons (Fsp3) is 0.333. The molecule has 1 aliphatic rings. The van der Waals surface area contributed by atoms with E-state index in [1.807, 2.05) is 45.0 Å². The summed E-state index contributed by atoms with van der Waals surface area (Å²) >= 11 is 1.27. The first-order valence-corrected chi connectivity index (χ1v) is 17.0. The molecule has 1 amide bonds. The van der Waals surface area contributed by atoms with Crippen LogP contribution in [0.1, 0.15) is 69.1 Å². The molecule has 0 saturated carbocycles. The summed E-state index contributed by atoms with van der Waals surface area (Å²) in [5.74, 6) is -0.200. The first-order valence-electron chi connectivity index (χ1n) is 14.7. The molecule has 236 valence electrons. The molecule has 0 saturated heterocycles. The quantitative estimate of drug-likeness (QED) is 0.0949. The lowest BCUT2D eigenvalue weighted by Crippen LogP contribution is -2.41. The van der Waals surface area contributed by atoms with Crippen LogP contribution >= 0.6 is 11.3 Å². The number of para-hydroxylation sites is 1. The monoisotopic (exact) mass is 647 g/mol. The van der Waals surface area contributed by atoms with Crippen molar-refractivity contribution in [1.29, 1.82) is 0 Å². The lowest BCUT2D eigenvalue weighted by Gasteiger charge is -2.19. The third kappa shape index (κ3) is 6.86. The van der Waals surface area contributed by atoms with Crippen molar-refractivity contribution in [3.05, 3.63) is 87.4 Å². The van der Waals surface area contributed by atoms with E-state index in [4.69, 9.17) is 10.5 Å². The van der Waals surface area contributed by atoms with Gasteiger partial charge in [0.15, 0.2) is 5.01 Å². The van der Waals surface area contributed by atoms with Crippen molar-refractivity contribution < 1.29 is 22.7 Å². The predicted octanol–water partition coefficient (Wildman–Crippen LogP) is 4.99. The minimum Gasteiger partial charge on any atom is -0.487 e. The maximum absolute atomic E-state index is 13.5. The zero-order chi connectivity index (χ0) is 32.5. The first kappa shape index (κ1) is 32.1. The Hall–Kier alpha value is -4.29. The molecule has 0 radical (unpaired) electrons. The molecule has 0 fully saturated rings. The van der Waals surface area contributed by atoms with E-state index in [0.717, 1.165) is 21.6 Å². The van der Waals surface area contributed by atoms with E-state index < -0.39 is 21.7 Å². The number of nitrogens with two attached hydrogens (primary N) is 1. The number of ketones is 1. The molecular formula is C33H37N5O5S2. The number of sulfonamides is 1. The van der Waals surface area contributed by atoms with Gasteiger partial charge in [-0.15, -0.1) is 11.3 Å². The van der Waals surface area contributed by atoms with Crippen LogP contribution in [-0.2, 0) is 16.4 Å². The van der Waals surface area contributed by atoms with E-state index in [1.54, 1.807) is 44.2 Å². The Morgan fingerprint density at radius 2 is 1.73 bits per heavy atom. The molecule has 1 atom stereocenters. The summed E-state index contributed by atoms with van der Waals surface area (Å²) in [6, 6.07) is 15.2. The van der Waals surface area contributed by atoms with Crippen molar-refractivity contribution in [3.63, 3.8) is 0 Å². The van der Waals surface area contributed by atoms with Gasteiger partial charge >= 0.3 is 0 Å². The number of hydrogen-bond donors (Lipinski definition) is 3. The number of nitrogens with one attached hydrogen (secondary N) is 2. The molecule has 0 aliphatic carbocycles. The summed E-state index contributed by atoms with van der Waals surface area (Å²) in [6.07, 6.45) is 1.19. The van der Waals surface area contributed by atoms with Crippen LogP contribution in [0.4, 0.5) is 0 Å². The van der Waals surface area contributed by atoms with E-state index in [9.17, 15) is 18.0 Å². The first-order chi connectivity index (χ1) is 21.3. The average molecular weight is 648 g/mol. The van der Waals surface area contributed by atoms with Crippen molar-refractivity contribution in [2.45, 2.75) is 70.4 Å². The van der Waals surface area contributed by atoms with Gasteiger partial charge in [0.1, 0.15) is 11.4 Å². The minimum atomic E-state index is -4.04. The standard InChI is InChI=1S/C33H37N5O5S2/c1-19-20(2)29(21(3)23-18-33(4,5)43-28(19)23)45(41,42)38-32(34)35-17-11-15-25(36-30(40)22-12-7-6-8-13-22)27(39)31-37-24-14-9-10-16-26(24)44-31/h6-10,12-14,16,25H,11,15,17-18H2,1-5H3,(H,36,40)(H3,34,35,38). The molecule has 10 nitrogen and oxygen atoms in total. The predicted molar refractivity (Wildman–Crippen MR) is 177 cm³/mol. The van der Waals surface area contributed by atoms with Gasteiger partial charge in [-0.1, -0.05) is 30.3 Å². The fourth-order valence-electron chi connectivity index (χ4n) is 5.59. The molecule has 1 unspecified atom stereocenters. The fourth-order valence-corrected chi connectivity index (χ4v) is 8.07. The zero-order valence-corrected chi connectivity index (χ0v) is 27.6. The normalized spacial score (nSPS) is 14.9. The Labute approximate surface area is 267 Å². The molecular weight excluding hydrogens is 611 g/mol. The number of hydrogen-bond acceptors (Lipinski definition) is 8. The molecule has 0 spiro atoms.